The Kier molecular flexibility index (Phi) is 24.6. The van der Waals surface area contributed by atoms with E-state index < -0.39 is 273 Å². The average Bonchev–Trinajstić information content (AvgIpc) is 2.57. The van der Waals surface area contributed by atoms with Crippen LogP contribution in [0.4, 0.5) is 0 Å². The van der Waals surface area contributed by atoms with Crippen molar-refractivity contribution >= 4 is 11.8 Å². The van der Waals surface area contributed by atoms with Crippen molar-refractivity contribution in [3.05, 3.63) is 0 Å². The number of ether oxygens (including phenoxy) is 13. The van der Waals surface area contributed by atoms with E-state index in [2.05, 4.69) is 10.6 Å². The van der Waals surface area contributed by atoms with Crippen molar-refractivity contribution in [2.24, 2.45) is 0 Å². The fraction of sp³-hybridized carbons (Fsp3) is 0.957. The van der Waals surface area contributed by atoms with Gasteiger partial charge in [-0.2, -0.15) is 0 Å². The molecule has 0 aromatic rings. The Balaban J connectivity index is 1.22. The molecule has 0 unspecified atom stereocenters. The molecule has 7 rings (SSSR count). The topological polar surface area (TPSA) is 603 Å². The summed E-state index contributed by atoms with van der Waals surface area (Å²) in [6, 6.07) is -3.80. The minimum absolute atomic E-state index is 0.885. The van der Waals surface area contributed by atoms with Crippen molar-refractivity contribution in [3.63, 3.8) is 0 Å². The highest BCUT2D eigenvalue weighted by molar-refractivity contribution is 5.73. The summed E-state index contributed by atoms with van der Waals surface area (Å²) in [4.78, 5) is 25.8. The van der Waals surface area contributed by atoms with Crippen LogP contribution in [0.3, 0.4) is 0 Å². The van der Waals surface area contributed by atoms with Crippen LogP contribution in [-0.4, -0.2) is 380 Å². The van der Waals surface area contributed by atoms with Crippen LogP contribution in [0.2, 0.25) is 0 Å². The van der Waals surface area contributed by atoms with Gasteiger partial charge in [-0.25, -0.2) is 0 Å². The Morgan fingerprint density at radius 3 is 1.07 bits per heavy atom. The molecule has 84 heavy (non-hydrogen) atoms. The molecule has 0 aromatic carbocycles. The van der Waals surface area contributed by atoms with Crippen LogP contribution in [0, 0.1) is 0 Å². The molecule has 0 aliphatic carbocycles. The Morgan fingerprint density at radius 2 is 0.643 bits per heavy atom. The normalized spacial score (nSPS) is 50.3. The summed E-state index contributed by atoms with van der Waals surface area (Å²) in [7, 11) is 0. The van der Waals surface area contributed by atoms with Gasteiger partial charge in [0.1, 0.15) is 171 Å². The molecular weight excluding hydrogens is 1160 g/mol. The Morgan fingerprint density at radius 1 is 0.310 bits per heavy atom. The fourth-order valence-corrected chi connectivity index (χ4v) is 10.6. The van der Waals surface area contributed by atoms with Crippen LogP contribution >= 0.6 is 0 Å². The summed E-state index contributed by atoms with van der Waals surface area (Å²) in [5, 5.41) is 230. The molecule has 0 saturated carbocycles. The molecule has 0 spiro atoms. The first-order chi connectivity index (χ1) is 39.7. The van der Waals surface area contributed by atoms with E-state index in [4.69, 9.17) is 61.6 Å². The van der Waals surface area contributed by atoms with Crippen LogP contribution in [-0.2, 0) is 71.2 Å². The molecule has 7 aliphatic heterocycles. The number of hydrogen-bond acceptors (Lipinski definition) is 36. The highest BCUT2D eigenvalue weighted by atomic mass is 16.8. The monoisotopic (exact) mass is 1230 g/mol. The summed E-state index contributed by atoms with van der Waals surface area (Å²) in [6.45, 7) is -4.87. The smallest absolute Gasteiger partial charge is 0.217 e. The van der Waals surface area contributed by atoms with Crippen molar-refractivity contribution < 1.29 is 178 Å². The van der Waals surface area contributed by atoms with Gasteiger partial charge in [-0.1, -0.05) is 0 Å². The highest BCUT2D eigenvalue weighted by Crippen LogP contribution is 2.38. The zero-order chi connectivity index (χ0) is 61.9. The molecule has 7 aliphatic rings. The Labute approximate surface area is 475 Å². The number of carbonyl (C=O) groups excluding carboxylic acids is 2. The maximum Gasteiger partial charge on any atom is 0.217 e. The molecule has 0 radical (unpaired) electrons. The van der Waals surface area contributed by atoms with Gasteiger partial charge in [-0.05, 0) is 0 Å². The third-order valence-corrected chi connectivity index (χ3v) is 15.3. The number of carbonyl (C=O) groups is 2. The van der Waals surface area contributed by atoms with Gasteiger partial charge in [0.25, 0.3) is 0 Å². The minimum Gasteiger partial charge on any atom is -0.394 e. The lowest BCUT2D eigenvalue weighted by molar-refractivity contribution is -0.388. The van der Waals surface area contributed by atoms with Gasteiger partial charge in [-0.3, -0.25) is 9.59 Å². The van der Waals surface area contributed by atoms with Crippen LogP contribution in [0.25, 0.3) is 0 Å². The predicted octanol–water partition coefficient (Wildman–Crippen LogP) is -16.0. The van der Waals surface area contributed by atoms with Crippen molar-refractivity contribution in [1.82, 2.24) is 10.6 Å². The van der Waals surface area contributed by atoms with Crippen LogP contribution < -0.4 is 10.6 Å². The van der Waals surface area contributed by atoms with E-state index in [0.717, 1.165) is 13.8 Å². The molecule has 38 nitrogen and oxygen atoms in total. The first kappa shape index (κ1) is 69.1. The summed E-state index contributed by atoms with van der Waals surface area (Å²) in [6.07, 6.45) is -65.3. The SMILES string of the molecule is CC(=O)N[C@H]1[C@H](O[C@@H]2[C@@H](O[C@@H]3O[C@H](CO)[C@@H](O)[C@H](O)[C@H]3O)[C@H](NC(C)=O)[C@@H](O)O[C@@H]2CO[C@H]2O[C@H](CO)[C@@H](O)[C@H](O)[C@H]2O)O[C@H](CO)[C@H](O[C@@H]2O[C@H](CO[C@H]3O[C@H](CO)[C@@H](O)[C@H](O)[C@H]3O)[C@H](O)[C@@H](O[C@@H]3O[C@H](CO)[C@@H](O)[C@H](O)[C@H]3O)[C@H]2O)[C@@H]1O. The predicted molar refractivity (Wildman–Crippen MR) is 255 cm³/mol. The second-order valence-electron chi connectivity index (χ2n) is 21.1. The Hall–Kier alpha value is -2.42. The molecule has 7 saturated heterocycles. The van der Waals surface area contributed by atoms with E-state index in [1.807, 2.05) is 0 Å². The lowest BCUT2D eigenvalue weighted by atomic mass is 9.93. The van der Waals surface area contributed by atoms with Crippen molar-refractivity contribution in [3.8, 4) is 0 Å². The Bertz CT molecular complexity index is 2060. The maximum atomic E-state index is 13.0. The molecule has 35 atom stereocenters. The van der Waals surface area contributed by atoms with Crippen LogP contribution in [0.5, 0.6) is 0 Å². The summed E-state index contributed by atoms with van der Waals surface area (Å²) >= 11 is 0. The van der Waals surface area contributed by atoms with Gasteiger partial charge in [0.2, 0.25) is 11.8 Å². The van der Waals surface area contributed by atoms with Gasteiger partial charge >= 0.3 is 0 Å². The highest BCUT2D eigenvalue weighted by Gasteiger charge is 2.59. The second-order valence-corrected chi connectivity index (χ2v) is 21.1. The van der Waals surface area contributed by atoms with E-state index >= 15 is 0 Å². The number of nitrogens with one attached hydrogen (secondary N) is 2. The van der Waals surface area contributed by atoms with E-state index in [1.165, 1.54) is 0 Å². The van der Waals surface area contributed by atoms with E-state index in [9.17, 15) is 117 Å². The molecule has 7 fully saturated rings. The van der Waals surface area contributed by atoms with Gasteiger partial charge in [0.05, 0.1) is 46.2 Å². The van der Waals surface area contributed by atoms with Crippen LogP contribution in [0.15, 0.2) is 0 Å². The molecule has 0 aromatic heterocycles. The van der Waals surface area contributed by atoms with Gasteiger partial charge < -0.3 is 179 Å². The zero-order valence-electron chi connectivity index (χ0n) is 44.7. The van der Waals surface area contributed by atoms with Gasteiger partial charge in [0.15, 0.2) is 44.0 Å². The number of amides is 2. The molecule has 488 valence electrons. The minimum atomic E-state index is -2.32. The molecule has 38 heteroatoms. The first-order valence-electron chi connectivity index (χ1n) is 26.6. The summed E-state index contributed by atoms with van der Waals surface area (Å²) < 4.78 is 75.4. The molecule has 23 N–H and O–H groups in total. The van der Waals surface area contributed by atoms with E-state index in [-0.39, 0.29) is 0 Å². The van der Waals surface area contributed by atoms with Crippen molar-refractivity contribution in [2.75, 3.05) is 46.2 Å². The number of aliphatic hydroxyl groups excluding tert-OH is 21. The number of rotatable bonds is 21. The summed E-state index contributed by atoms with van der Waals surface area (Å²) in [5.41, 5.74) is 0. The largest absolute Gasteiger partial charge is 0.394 e. The molecule has 0 bridgehead atoms. The number of aliphatic hydroxyl groups is 21. The van der Waals surface area contributed by atoms with Crippen molar-refractivity contribution in [1.29, 1.82) is 0 Å². The molecule has 7 heterocycles. The summed E-state index contributed by atoms with van der Waals surface area (Å²) in [5.74, 6) is -1.83. The van der Waals surface area contributed by atoms with E-state index in [0.29, 0.717) is 0 Å². The van der Waals surface area contributed by atoms with Gasteiger partial charge in [-0.15, -0.1) is 0 Å². The lowest BCUT2D eigenvalue weighted by Crippen LogP contribution is -2.71. The maximum absolute atomic E-state index is 13.0. The fourth-order valence-electron chi connectivity index (χ4n) is 10.6. The second kappa shape index (κ2) is 29.9. The standard InChI is InChI=1S/C46H78N2O36/c1-10(54)47-19-26(61)36(81-46-35(70)39(84-45-34(69)30(65)24(59)15(6-52)78-45)25(60)17(80-46)8-72-42-31(66)27(62)21(56)12(3-49)75-42)16(7-53)79-41(19)82-37-18(9-73-43-32(67)28(63)22(57)13(4-50)76-43)74-40(71)20(48-11(2)55)38(37)83-44-33(68)29(64)23(58)14(5-51)77-44/h12-46,49-53,56-71H,3-9H2,1-2H3,(H,47,54)(H,48,55)/t12-,13-,14-,15-,16-,17-,18-,19-,20+,21-,22-,23-,24-,25+,26-,27+,28+,29+,30+,31-,32-,33-,34-,35-,36+,37+,38+,39-,40+,41+,42+,43+,44+,45+,46+/m1/s1. The van der Waals surface area contributed by atoms with Crippen LogP contribution in [0.1, 0.15) is 13.8 Å². The first-order valence-corrected chi connectivity index (χ1v) is 26.6. The van der Waals surface area contributed by atoms with E-state index in [1.54, 1.807) is 0 Å². The third kappa shape index (κ3) is 14.9. The quantitative estimate of drug-likeness (QED) is 0.0507. The van der Waals surface area contributed by atoms with Crippen molar-refractivity contribution in [2.45, 2.75) is 229 Å². The van der Waals surface area contributed by atoms with Gasteiger partial charge in [0, 0.05) is 13.8 Å². The third-order valence-electron chi connectivity index (χ3n) is 15.3. The molecule has 2 amide bonds. The average molecular weight is 1240 g/mol. The zero-order valence-corrected chi connectivity index (χ0v) is 44.7. The lowest BCUT2D eigenvalue weighted by Gasteiger charge is -2.51. The molecular formula is C46H78N2O36. The number of hydrogen-bond donors (Lipinski definition) is 23.